The van der Waals surface area contributed by atoms with Crippen molar-refractivity contribution < 1.29 is 4.79 Å². The van der Waals surface area contributed by atoms with Crippen molar-refractivity contribution in [1.82, 2.24) is 0 Å². The summed E-state index contributed by atoms with van der Waals surface area (Å²) >= 11 is 0. The van der Waals surface area contributed by atoms with Gasteiger partial charge in [-0.05, 0) is 38.2 Å². The van der Waals surface area contributed by atoms with E-state index in [1.54, 1.807) is 6.08 Å². The molecule has 0 aromatic heterocycles. The minimum Gasteiger partial charge on any atom is -0.294 e. The number of allylic oxidation sites excluding steroid dienone is 3. The predicted molar refractivity (Wildman–Crippen MR) is 62.6 cm³/mol. The number of ketones is 1. The van der Waals surface area contributed by atoms with E-state index in [4.69, 9.17) is 0 Å². The monoisotopic (exact) mass is 204 g/mol. The Balaban J connectivity index is 2.40. The molecule has 0 aromatic rings. The molecule has 0 bridgehead atoms. The quantitative estimate of drug-likeness (QED) is 0.596. The minimum atomic E-state index is -0.199. The second-order valence-corrected chi connectivity index (χ2v) is 5.43. The van der Waals surface area contributed by atoms with Crippen molar-refractivity contribution in [3.8, 4) is 0 Å². The van der Waals surface area contributed by atoms with Gasteiger partial charge >= 0.3 is 0 Å². The Morgan fingerprint density at radius 3 is 2.53 bits per heavy atom. The SMILES string of the molecule is C=C1CCC[C@]1(C)[C@@]1(C)CCC=CC1=O. The van der Waals surface area contributed by atoms with Crippen LogP contribution in [0.1, 0.15) is 46.0 Å². The van der Waals surface area contributed by atoms with E-state index in [-0.39, 0.29) is 10.8 Å². The first-order valence-corrected chi connectivity index (χ1v) is 5.90. The van der Waals surface area contributed by atoms with Crippen LogP contribution in [0.25, 0.3) is 0 Å². The summed E-state index contributed by atoms with van der Waals surface area (Å²) in [5.74, 6) is 0.305. The van der Waals surface area contributed by atoms with Crippen molar-refractivity contribution in [2.45, 2.75) is 46.0 Å². The molecule has 0 aliphatic heterocycles. The molecule has 1 saturated carbocycles. The summed E-state index contributed by atoms with van der Waals surface area (Å²) in [6.07, 6.45) is 9.22. The molecule has 1 nitrogen and oxygen atoms in total. The molecule has 0 heterocycles. The maximum atomic E-state index is 12.1. The highest BCUT2D eigenvalue weighted by atomic mass is 16.1. The van der Waals surface area contributed by atoms with Crippen molar-refractivity contribution in [2.75, 3.05) is 0 Å². The molecular weight excluding hydrogens is 184 g/mol. The van der Waals surface area contributed by atoms with Crippen LogP contribution in [-0.4, -0.2) is 5.78 Å². The smallest absolute Gasteiger partial charge is 0.162 e. The summed E-state index contributed by atoms with van der Waals surface area (Å²) in [5.41, 5.74) is 1.12. The average Bonchev–Trinajstić information content (AvgIpc) is 2.54. The third-order valence-corrected chi connectivity index (χ3v) is 4.78. The topological polar surface area (TPSA) is 17.1 Å². The summed E-state index contributed by atoms with van der Waals surface area (Å²) in [6.45, 7) is 8.56. The van der Waals surface area contributed by atoms with Crippen LogP contribution in [0, 0.1) is 10.8 Å². The lowest BCUT2D eigenvalue weighted by atomic mass is 9.57. The number of hydrogen-bond acceptors (Lipinski definition) is 1. The summed E-state index contributed by atoms with van der Waals surface area (Å²) in [7, 11) is 0. The van der Waals surface area contributed by atoms with E-state index in [0.29, 0.717) is 5.78 Å². The van der Waals surface area contributed by atoms with Gasteiger partial charge in [-0.1, -0.05) is 32.1 Å². The molecule has 2 aliphatic carbocycles. The van der Waals surface area contributed by atoms with Crippen LogP contribution >= 0.6 is 0 Å². The molecule has 0 saturated heterocycles. The average molecular weight is 204 g/mol. The zero-order valence-corrected chi connectivity index (χ0v) is 9.81. The molecule has 0 aromatic carbocycles. The summed E-state index contributed by atoms with van der Waals surface area (Å²) in [5, 5.41) is 0. The molecule has 0 amide bonds. The lowest BCUT2D eigenvalue weighted by Gasteiger charge is -2.45. The maximum Gasteiger partial charge on any atom is 0.162 e. The van der Waals surface area contributed by atoms with Gasteiger partial charge in [0, 0.05) is 10.8 Å². The van der Waals surface area contributed by atoms with Crippen LogP contribution in [-0.2, 0) is 4.79 Å². The molecular formula is C14H20O. The Kier molecular flexibility index (Phi) is 2.37. The highest BCUT2D eigenvalue weighted by molar-refractivity contribution is 5.96. The van der Waals surface area contributed by atoms with Gasteiger partial charge in [0.1, 0.15) is 0 Å². The molecule has 1 heteroatoms. The van der Waals surface area contributed by atoms with Crippen molar-refractivity contribution in [3.63, 3.8) is 0 Å². The molecule has 2 aliphatic rings. The molecule has 0 radical (unpaired) electrons. The van der Waals surface area contributed by atoms with Crippen molar-refractivity contribution in [1.29, 1.82) is 0 Å². The molecule has 2 rings (SSSR count). The number of hydrogen-bond donors (Lipinski definition) is 0. The van der Waals surface area contributed by atoms with Gasteiger partial charge in [-0.2, -0.15) is 0 Å². The molecule has 0 unspecified atom stereocenters. The van der Waals surface area contributed by atoms with E-state index in [9.17, 15) is 4.79 Å². The Bertz CT molecular complexity index is 339. The largest absolute Gasteiger partial charge is 0.294 e. The van der Waals surface area contributed by atoms with E-state index in [0.717, 1.165) is 25.7 Å². The highest BCUT2D eigenvalue weighted by Gasteiger charge is 2.51. The third kappa shape index (κ3) is 1.32. The predicted octanol–water partition coefficient (Wildman–Crippen LogP) is 3.66. The van der Waals surface area contributed by atoms with Gasteiger partial charge in [0.25, 0.3) is 0 Å². The van der Waals surface area contributed by atoms with Crippen LogP contribution in [0.4, 0.5) is 0 Å². The van der Waals surface area contributed by atoms with Crippen LogP contribution in [0.15, 0.2) is 24.3 Å². The molecule has 0 N–H and O–H groups in total. The first kappa shape index (κ1) is 10.7. The summed E-state index contributed by atoms with van der Waals surface area (Å²) in [6, 6.07) is 0. The van der Waals surface area contributed by atoms with Gasteiger partial charge < -0.3 is 0 Å². The molecule has 82 valence electrons. The number of carbonyl (C=O) groups is 1. The fourth-order valence-corrected chi connectivity index (χ4v) is 3.19. The normalized spacial score (nSPS) is 41.2. The summed E-state index contributed by atoms with van der Waals surface area (Å²) in [4.78, 5) is 12.1. The van der Waals surface area contributed by atoms with Gasteiger partial charge in [-0.3, -0.25) is 4.79 Å². The Hall–Kier alpha value is -0.850. The lowest BCUT2D eigenvalue weighted by Crippen LogP contribution is -2.43. The van der Waals surface area contributed by atoms with E-state index < -0.39 is 0 Å². The molecule has 0 spiro atoms. The fourth-order valence-electron chi connectivity index (χ4n) is 3.19. The van der Waals surface area contributed by atoms with Crippen molar-refractivity contribution in [3.05, 3.63) is 24.3 Å². The van der Waals surface area contributed by atoms with E-state index >= 15 is 0 Å². The minimum absolute atomic E-state index is 0.0366. The van der Waals surface area contributed by atoms with Gasteiger partial charge in [0.2, 0.25) is 0 Å². The van der Waals surface area contributed by atoms with Crippen molar-refractivity contribution >= 4 is 5.78 Å². The second-order valence-electron chi connectivity index (χ2n) is 5.43. The van der Waals surface area contributed by atoms with Crippen molar-refractivity contribution in [2.24, 2.45) is 10.8 Å². The first-order valence-electron chi connectivity index (χ1n) is 5.90. The molecule has 15 heavy (non-hydrogen) atoms. The van der Waals surface area contributed by atoms with Gasteiger partial charge in [0.05, 0.1) is 0 Å². The number of rotatable bonds is 1. The lowest BCUT2D eigenvalue weighted by molar-refractivity contribution is -0.129. The van der Waals surface area contributed by atoms with E-state index in [1.165, 1.54) is 12.0 Å². The van der Waals surface area contributed by atoms with Crippen LogP contribution in [0.2, 0.25) is 0 Å². The van der Waals surface area contributed by atoms with Gasteiger partial charge in [-0.25, -0.2) is 0 Å². The van der Waals surface area contributed by atoms with E-state index in [1.807, 2.05) is 6.08 Å². The maximum absolute atomic E-state index is 12.1. The van der Waals surface area contributed by atoms with Gasteiger partial charge in [0.15, 0.2) is 5.78 Å². The molecule has 2 atom stereocenters. The zero-order valence-electron chi connectivity index (χ0n) is 9.81. The van der Waals surface area contributed by atoms with Crippen LogP contribution in [0.5, 0.6) is 0 Å². The van der Waals surface area contributed by atoms with Gasteiger partial charge in [-0.15, -0.1) is 0 Å². The Morgan fingerprint density at radius 1 is 1.27 bits per heavy atom. The number of carbonyl (C=O) groups excluding carboxylic acids is 1. The molecule has 1 fully saturated rings. The Labute approximate surface area is 92.3 Å². The standard InChI is InChI=1S/C14H20O/c1-11-7-6-10-13(11,2)14(3)9-5-4-8-12(14)15/h4,8H,1,5-7,9-10H2,2-3H3/t13-,14-/m0/s1. The fraction of sp³-hybridized carbons (Fsp3) is 0.643. The third-order valence-electron chi connectivity index (χ3n) is 4.78. The Morgan fingerprint density at radius 2 is 2.00 bits per heavy atom. The van der Waals surface area contributed by atoms with E-state index in [2.05, 4.69) is 20.4 Å². The summed E-state index contributed by atoms with van der Waals surface area (Å²) < 4.78 is 0. The highest BCUT2D eigenvalue weighted by Crippen LogP contribution is 2.57. The zero-order chi connectivity index (χ0) is 11.1. The van der Waals surface area contributed by atoms with Crippen LogP contribution in [0.3, 0.4) is 0 Å². The van der Waals surface area contributed by atoms with Crippen LogP contribution < -0.4 is 0 Å². The first-order chi connectivity index (χ1) is 7.01. The second kappa shape index (κ2) is 3.33.